The van der Waals surface area contributed by atoms with Crippen LogP contribution in [0.2, 0.25) is 0 Å². The van der Waals surface area contributed by atoms with Crippen LogP contribution >= 0.6 is 0 Å². The van der Waals surface area contributed by atoms with Crippen LogP contribution in [0.4, 0.5) is 5.69 Å². The summed E-state index contributed by atoms with van der Waals surface area (Å²) in [6, 6.07) is 3.82. The van der Waals surface area contributed by atoms with E-state index < -0.39 is 0 Å². The molecule has 3 heteroatoms. The van der Waals surface area contributed by atoms with Crippen LogP contribution in [0.1, 0.15) is 12.6 Å². The van der Waals surface area contributed by atoms with E-state index in [1.54, 1.807) is 12.4 Å². The molecule has 1 heterocycles. The Hall–Kier alpha value is -1.38. The van der Waals surface area contributed by atoms with E-state index in [0.717, 1.165) is 11.4 Å². The van der Waals surface area contributed by atoms with Gasteiger partial charge in [-0.3, -0.25) is 10.4 Å². The molecule has 0 aliphatic rings. The van der Waals surface area contributed by atoms with E-state index in [0.29, 0.717) is 0 Å². The summed E-state index contributed by atoms with van der Waals surface area (Å²) in [6.45, 7) is 3.80. The van der Waals surface area contributed by atoms with Gasteiger partial charge in [0.15, 0.2) is 0 Å². The van der Waals surface area contributed by atoms with Gasteiger partial charge < -0.3 is 0 Å². The smallest absolute Gasteiger partial charge is 0.0774 e. The minimum Gasteiger partial charge on any atom is -0.277 e. The van der Waals surface area contributed by atoms with E-state index in [2.05, 4.69) is 15.5 Å². The van der Waals surface area contributed by atoms with Gasteiger partial charge in [0.2, 0.25) is 0 Å². The summed E-state index contributed by atoms with van der Waals surface area (Å²) in [5.74, 6) is 0. The third-order valence-corrected chi connectivity index (χ3v) is 1.32. The summed E-state index contributed by atoms with van der Waals surface area (Å²) in [5.41, 5.74) is 4.78. The third-order valence-electron chi connectivity index (χ3n) is 1.32. The summed E-state index contributed by atoms with van der Waals surface area (Å²) in [7, 11) is 0. The number of aromatic nitrogens is 1. The molecule has 0 atom stereocenters. The van der Waals surface area contributed by atoms with Gasteiger partial charge in [-0.2, -0.15) is 5.10 Å². The van der Waals surface area contributed by atoms with Crippen molar-refractivity contribution in [2.75, 3.05) is 5.43 Å². The SMILES string of the molecule is C/C=N/Nc1cccnc1C. The molecule has 1 aromatic heterocycles. The summed E-state index contributed by atoms with van der Waals surface area (Å²) < 4.78 is 0. The predicted molar refractivity (Wildman–Crippen MR) is 46.8 cm³/mol. The highest BCUT2D eigenvalue weighted by atomic mass is 15.3. The van der Waals surface area contributed by atoms with Gasteiger partial charge >= 0.3 is 0 Å². The molecule has 58 valence electrons. The molecule has 1 N–H and O–H groups in total. The van der Waals surface area contributed by atoms with Crippen LogP contribution in [0.25, 0.3) is 0 Å². The molecule has 1 aromatic rings. The second kappa shape index (κ2) is 3.71. The van der Waals surface area contributed by atoms with Crippen molar-refractivity contribution in [2.24, 2.45) is 5.10 Å². The Morgan fingerprint density at radius 3 is 3.09 bits per heavy atom. The molecule has 11 heavy (non-hydrogen) atoms. The molecule has 0 aromatic carbocycles. The number of hydrazone groups is 1. The van der Waals surface area contributed by atoms with Crippen molar-refractivity contribution < 1.29 is 0 Å². The maximum atomic E-state index is 4.10. The standard InChI is InChI=1S/C8H11N3/c1-3-10-11-8-5-4-6-9-7(8)2/h3-6,11H,1-2H3/b10-3+. The topological polar surface area (TPSA) is 37.3 Å². The highest BCUT2D eigenvalue weighted by Crippen LogP contribution is 2.09. The Morgan fingerprint density at radius 2 is 2.45 bits per heavy atom. The molecule has 0 bridgehead atoms. The Labute approximate surface area is 66.2 Å². The van der Waals surface area contributed by atoms with Gasteiger partial charge in [0.05, 0.1) is 11.4 Å². The predicted octanol–water partition coefficient (Wildman–Crippen LogP) is 1.81. The number of hydrogen-bond donors (Lipinski definition) is 1. The second-order valence-electron chi connectivity index (χ2n) is 2.14. The van der Waals surface area contributed by atoms with Crippen molar-refractivity contribution in [3.63, 3.8) is 0 Å². The number of pyridine rings is 1. The fourth-order valence-corrected chi connectivity index (χ4v) is 0.737. The molecule has 0 fully saturated rings. The van der Waals surface area contributed by atoms with E-state index in [1.807, 2.05) is 26.0 Å². The van der Waals surface area contributed by atoms with Crippen molar-refractivity contribution in [3.05, 3.63) is 24.0 Å². The van der Waals surface area contributed by atoms with Gasteiger partial charge in [-0.25, -0.2) is 0 Å². The maximum Gasteiger partial charge on any atom is 0.0774 e. The van der Waals surface area contributed by atoms with Crippen LogP contribution in [-0.2, 0) is 0 Å². The van der Waals surface area contributed by atoms with Crippen LogP contribution in [0.5, 0.6) is 0 Å². The van der Waals surface area contributed by atoms with Gasteiger partial charge in [-0.1, -0.05) is 0 Å². The zero-order valence-electron chi connectivity index (χ0n) is 6.70. The first-order valence-corrected chi connectivity index (χ1v) is 3.50. The lowest BCUT2D eigenvalue weighted by molar-refractivity contribution is 1.17. The van der Waals surface area contributed by atoms with E-state index in [1.165, 1.54) is 0 Å². The van der Waals surface area contributed by atoms with E-state index in [4.69, 9.17) is 0 Å². The summed E-state index contributed by atoms with van der Waals surface area (Å²) in [4.78, 5) is 4.10. The second-order valence-corrected chi connectivity index (χ2v) is 2.14. The number of anilines is 1. The van der Waals surface area contributed by atoms with Gasteiger partial charge in [0.25, 0.3) is 0 Å². The van der Waals surface area contributed by atoms with Crippen LogP contribution in [0.15, 0.2) is 23.4 Å². The van der Waals surface area contributed by atoms with Crippen molar-refractivity contribution in [1.82, 2.24) is 4.98 Å². The number of rotatable bonds is 2. The maximum absolute atomic E-state index is 4.10. The fourth-order valence-electron chi connectivity index (χ4n) is 0.737. The monoisotopic (exact) mass is 149 g/mol. The van der Waals surface area contributed by atoms with Crippen molar-refractivity contribution in [3.8, 4) is 0 Å². The summed E-state index contributed by atoms with van der Waals surface area (Å²) >= 11 is 0. The lowest BCUT2D eigenvalue weighted by Gasteiger charge is -2.01. The van der Waals surface area contributed by atoms with Crippen molar-refractivity contribution in [1.29, 1.82) is 0 Å². The zero-order chi connectivity index (χ0) is 8.10. The van der Waals surface area contributed by atoms with Gasteiger partial charge in [-0.05, 0) is 26.0 Å². The normalized spacial score (nSPS) is 10.4. The molecule has 0 aliphatic heterocycles. The van der Waals surface area contributed by atoms with Crippen molar-refractivity contribution in [2.45, 2.75) is 13.8 Å². The first kappa shape index (κ1) is 7.72. The van der Waals surface area contributed by atoms with Crippen LogP contribution in [0, 0.1) is 6.92 Å². The largest absolute Gasteiger partial charge is 0.277 e. The zero-order valence-corrected chi connectivity index (χ0v) is 6.70. The minimum absolute atomic E-state index is 0.950. The van der Waals surface area contributed by atoms with Crippen LogP contribution in [0.3, 0.4) is 0 Å². The third kappa shape index (κ3) is 2.04. The minimum atomic E-state index is 0.950. The summed E-state index contributed by atoms with van der Waals surface area (Å²) in [6.07, 6.45) is 3.46. The first-order chi connectivity index (χ1) is 5.34. The molecular weight excluding hydrogens is 138 g/mol. The number of nitrogens with one attached hydrogen (secondary N) is 1. The number of hydrogen-bond acceptors (Lipinski definition) is 3. The molecule has 0 spiro atoms. The fraction of sp³-hybridized carbons (Fsp3) is 0.250. The average Bonchev–Trinajstić information content (AvgIpc) is 2.03. The van der Waals surface area contributed by atoms with Gasteiger partial charge in [-0.15, -0.1) is 0 Å². The summed E-state index contributed by atoms with van der Waals surface area (Å²) in [5, 5.41) is 3.89. The highest BCUT2D eigenvalue weighted by molar-refractivity contribution is 5.56. The molecule has 0 radical (unpaired) electrons. The van der Waals surface area contributed by atoms with Gasteiger partial charge in [0, 0.05) is 12.4 Å². The Morgan fingerprint density at radius 1 is 1.64 bits per heavy atom. The Bertz CT molecular complexity index is 255. The highest BCUT2D eigenvalue weighted by Gasteiger charge is 1.92. The molecule has 1 rings (SSSR count). The molecule has 0 amide bonds. The molecule has 0 aliphatic carbocycles. The lowest BCUT2D eigenvalue weighted by atomic mass is 10.3. The first-order valence-electron chi connectivity index (χ1n) is 3.50. The van der Waals surface area contributed by atoms with Gasteiger partial charge in [0.1, 0.15) is 0 Å². The molecular formula is C8H11N3. The Kier molecular flexibility index (Phi) is 2.60. The van der Waals surface area contributed by atoms with Crippen molar-refractivity contribution >= 4 is 11.9 Å². The molecule has 3 nitrogen and oxygen atoms in total. The quantitative estimate of drug-likeness (QED) is 0.514. The average molecular weight is 149 g/mol. The van der Waals surface area contributed by atoms with E-state index >= 15 is 0 Å². The molecule has 0 saturated carbocycles. The van der Waals surface area contributed by atoms with Crippen LogP contribution in [-0.4, -0.2) is 11.2 Å². The molecule has 0 unspecified atom stereocenters. The van der Waals surface area contributed by atoms with Crippen LogP contribution < -0.4 is 5.43 Å². The van der Waals surface area contributed by atoms with E-state index in [-0.39, 0.29) is 0 Å². The number of aryl methyl sites for hydroxylation is 1. The molecule has 0 saturated heterocycles. The van der Waals surface area contributed by atoms with E-state index in [9.17, 15) is 0 Å². The number of nitrogens with zero attached hydrogens (tertiary/aromatic N) is 2. The Balaban J connectivity index is 2.77. The lowest BCUT2D eigenvalue weighted by Crippen LogP contribution is -1.92.